The number of hydrogen-bond acceptors (Lipinski definition) is 2. The molecule has 3 heteroatoms. The van der Waals surface area contributed by atoms with Crippen molar-refractivity contribution < 1.29 is 4.39 Å². The lowest BCUT2D eigenvalue weighted by molar-refractivity contribution is 0.303. The predicted octanol–water partition coefficient (Wildman–Crippen LogP) is 3.18. The molecule has 0 spiro atoms. The molecule has 0 heterocycles. The van der Waals surface area contributed by atoms with Crippen LogP contribution in [-0.2, 0) is 6.54 Å². The smallest absolute Gasteiger partial charge is 0.124 e. The Morgan fingerprint density at radius 3 is 2.65 bits per heavy atom. The van der Waals surface area contributed by atoms with Gasteiger partial charge in [-0.05, 0) is 49.7 Å². The fourth-order valence-electron chi connectivity index (χ4n) is 1.68. The van der Waals surface area contributed by atoms with Gasteiger partial charge in [0.1, 0.15) is 5.82 Å². The van der Waals surface area contributed by atoms with Crippen LogP contribution in [0.4, 0.5) is 4.39 Å². The normalized spacial score (nSPS) is 10.9. The summed E-state index contributed by atoms with van der Waals surface area (Å²) in [6.45, 7) is 6.03. The maximum Gasteiger partial charge on any atom is 0.124 e. The van der Waals surface area contributed by atoms with E-state index in [-0.39, 0.29) is 5.82 Å². The molecule has 0 atom stereocenters. The summed E-state index contributed by atoms with van der Waals surface area (Å²) in [6, 6.07) is 6.47. The zero-order valence-corrected chi connectivity index (χ0v) is 10.7. The van der Waals surface area contributed by atoms with Gasteiger partial charge in [0, 0.05) is 6.54 Å². The number of rotatable bonds is 5. The molecule has 17 heavy (non-hydrogen) atoms. The highest BCUT2D eigenvalue weighted by Crippen LogP contribution is 2.11. The molecule has 2 nitrogen and oxygen atoms in total. The number of nitrogens with zero attached hydrogens (tertiary/aromatic N) is 2. The van der Waals surface area contributed by atoms with Crippen molar-refractivity contribution in [2.24, 2.45) is 5.92 Å². The highest BCUT2D eigenvalue weighted by molar-refractivity contribution is 5.33. The summed E-state index contributed by atoms with van der Waals surface area (Å²) in [5.74, 6) is 0.330. The van der Waals surface area contributed by atoms with Crippen molar-refractivity contribution in [3.05, 3.63) is 35.1 Å². The van der Waals surface area contributed by atoms with E-state index in [9.17, 15) is 4.39 Å². The third kappa shape index (κ3) is 4.97. The monoisotopic (exact) mass is 234 g/mol. The van der Waals surface area contributed by atoms with Crippen LogP contribution in [0.15, 0.2) is 18.2 Å². The summed E-state index contributed by atoms with van der Waals surface area (Å²) in [7, 11) is 2.01. The van der Waals surface area contributed by atoms with Crippen LogP contribution in [0, 0.1) is 23.1 Å². The lowest BCUT2D eigenvalue weighted by Gasteiger charge is -2.18. The Morgan fingerprint density at radius 2 is 2.06 bits per heavy atom. The summed E-state index contributed by atoms with van der Waals surface area (Å²) in [4.78, 5) is 2.15. The van der Waals surface area contributed by atoms with Gasteiger partial charge in [-0.1, -0.05) is 13.8 Å². The third-order valence-corrected chi connectivity index (χ3v) is 2.63. The number of hydrogen-bond donors (Lipinski definition) is 0. The zero-order valence-electron chi connectivity index (χ0n) is 10.7. The summed E-state index contributed by atoms with van der Waals surface area (Å²) >= 11 is 0. The second kappa shape index (κ2) is 6.36. The molecule has 0 saturated carbocycles. The molecular weight excluding hydrogens is 215 g/mol. The van der Waals surface area contributed by atoms with E-state index >= 15 is 0 Å². The summed E-state index contributed by atoms with van der Waals surface area (Å²) in [6.07, 6.45) is 1.12. The maximum absolute atomic E-state index is 13.2. The Kier molecular flexibility index (Phi) is 5.11. The third-order valence-electron chi connectivity index (χ3n) is 2.63. The van der Waals surface area contributed by atoms with Crippen LogP contribution in [0.5, 0.6) is 0 Å². The molecule has 0 saturated heterocycles. The molecule has 0 radical (unpaired) electrons. The molecule has 0 fully saturated rings. The van der Waals surface area contributed by atoms with E-state index in [4.69, 9.17) is 5.26 Å². The molecule has 0 bridgehead atoms. The Labute approximate surface area is 103 Å². The molecule has 0 aliphatic rings. The molecule has 0 aliphatic heterocycles. The zero-order chi connectivity index (χ0) is 12.8. The van der Waals surface area contributed by atoms with Crippen LogP contribution < -0.4 is 0 Å². The molecular formula is C14H19FN2. The standard InChI is InChI=1S/C14H19FN2/c1-11(2)4-5-17(3)10-13-6-12(9-16)7-14(15)8-13/h6-8,11H,4-5,10H2,1-3H3. The van der Waals surface area contributed by atoms with Crippen LogP contribution in [-0.4, -0.2) is 18.5 Å². The molecule has 0 aliphatic carbocycles. The molecule has 1 aromatic rings. The number of nitriles is 1. The molecule has 0 N–H and O–H groups in total. The van der Waals surface area contributed by atoms with E-state index in [1.807, 2.05) is 13.1 Å². The van der Waals surface area contributed by atoms with Gasteiger partial charge in [0.2, 0.25) is 0 Å². The molecule has 0 aromatic heterocycles. The second-order valence-corrected chi connectivity index (χ2v) is 4.88. The van der Waals surface area contributed by atoms with Crippen LogP contribution in [0.2, 0.25) is 0 Å². The first kappa shape index (κ1) is 13.7. The largest absolute Gasteiger partial charge is 0.302 e. The quantitative estimate of drug-likeness (QED) is 0.782. The average molecular weight is 234 g/mol. The van der Waals surface area contributed by atoms with Crippen molar-refractivity contribution in [2.75, 3.05) is 13.6 Å². The summed E-state index contributed by atoms with van der Waals surface area (Å²) < 4.78 is 13.2. The molecule has 1 aromatic carbocycles. The Balaban J connectivity index is 2.62. The van der Waals surface area contributed by atoms with E-state index in [1.165, 1.54) is 12.1 Å². The van der Waals surface area contributed by atoms with Gasteiger partial charge in [0.25, 0.3) is 0 Å². The van der Waals surface area contributed by atoms with Crippen LogP contribution in [0.3, 0.4) is 0 Å². The fraction of sp³-hybridized carbons (Fsp3) is 0.500. The minimum absolute atomic E-state index is 0.337. The Bertz CT molecular complexity index is 407. The van der Waals surface area contributed by atoms with Crippen molar-refractivity contribution >= 4 is 0 Å². The van der Waals surface area contributed by atoms with Gasteiger partial charge in [-0.3, -0.25) is 0 Å². The van der Waals surface area contributed by atoms with Crippen LogP contribution in [0.1, 0.15) is 31.4 Å². The van der Waals surface area contributed by atoms with E-state index < -0.39 is 0 Å². The van der Waals surface area contributed by atoms with Gasteiger partial charge >= 0.3 is 0 Å². The van der Waals surface area contributed by atoms with Gasteiger partial charge in [-0.2, -0.15) is 5.26 Å². The van der Waals surface area contributed by atoms with E-state index in [1.54, 1.807) is 6.07 Å². The van der Waals surface area contributed by atoms with Crippen molar-refractivity contribution in [1.82, 2.24) is 4.90 Å². The molecule has 92 valence electrons. The van der Waals surface area contributed by atoms with Crippen molar-refractivity contribution in [3.63, 3.8) is 0 Å². The fourth-order valence-corrected chi connectivity index (χ4v) is 1.68. The predicted molar refractivity (Wildman–Crippen MR) is 66.9 cm³/mol. The number of halogens is 1. The highest BCUT2D eigenvalue weighted by Gasteiger charge is 2.05. The topological polar surface area (TPSA) is 27.0 Å². The first-order valence-electron chi connectivity index (χ1n) is 5.89. The van der Waals surface area contributed by atoms with Crippen molar-refractivity contribution in [1.29, 1.82) is 5.26 Å². The van der Waals surface area contributed by atoms with E-state index in [0.717, 1.165) is 18.5 Å². The van der Waals surface area contributed by atoms with Gasteiger partial charge in [0.05, 0.1) is 11.6 Å². The van der Waals surface area contributed by atoms with Crippen molar-refractivity contribution in [2.45, 2.75) is 26.8 Å². The minimum Gasteiger partial charge on any atom is -0.302 e. The SMILES string of the molecule is CC(C)CCN(C)Cc1cc(F)cc(C#N)c1. The molecule has 1 rings (SSSR count). The lowest BCUT2D eigenvalue weighted by atomic mass is 10.1. The van der Waals surface area contributed by atoms with Gasteiger partial charge in [-0.25, -0.2) is 4.39 Å². The Hall–Kier alpha value is -1.40. The number of benzene rings is 1. The van der Waals surface area contributed by atoms with Crippen LogP contribution in [0.25, 0.3) is 0 Å². The van der Waals surface area contributed by atoms with Gasteiger partial charge in [-0.15, -0.1) is 0 Å². The molecule has 0 unspecified atom stereocenters. The first-order chi connectivity index (χ1) is 8.01. The van der Waals surface area contributed by atoms with Gasteiger partial charge in [0.15, 0.2) is 0 Å². The van der Waals surface area contributed by atoms with Crippen LogP contribution >= 0.6 is 0 Å². The minimum atomic E-state index is -0.337. The summed E-state index contributed by atoms with van der Waals surface area (Å²) in [5, 5.41) is 8.77. The van der Waals surface area contributed by atoms with Gasteiger partial charge < -0.3 is 4.90 Å². The molecule has 0 amide bonds. The average Bonchev–Trinajstić information content (AvgIpc) is 2.25. The Morgan fingerprint density at radius 1 is 1.35 bits per heavy atom. The highest BCUT2D eigenvalue weighted by atomic mass is 19.1. The lowest BCUT2D eigenvalue weighted by Crippen LogP contribution is -2.20. The van der Waals surface area contributed by atoms with E-state index in [0.29, 0.717) is 18.0 Å². The van der Waals surface area contributed by atoms with Crippen molar-refractivity contribution in [3.8, 4) is 6.07 Å². The maximum atomic E-state index is 13.2. The summed E-state index contributed by atoms with van der Waals surface area (Å²) in [5.41, 5.74) is 1.24. The first-order valence-corrected chi connectivity index (χ1v) is 5.89. The second-order valence-electron chi connectivity index (χ2n) is 4.88. The van der Waals surface area contributed by atoms with E-state index in [2.05, 4.69) is 18.7 Å².